The lowest BCUT2D eigenvalue weighted by Gasteiger charge is -2.33. The van der Waals surface area contributed by atoms with Gasteiger partial charge < -0.3 is 20.3 Å². The monoisotopic (exact) mass is 361 g/mol. The van der Waals surface area contributed by atoms with Crippen molar-refractivity contribution in [1.82, 2.24) is 15.5 Å². The number of nitrogens with zero attached hydrogens (tertiary/aromatic N) is 1. The van der Waals surface area contributed by atoms with E-state index >= 15 is 0 Å². The van der Waals surface area contributed by atoms with E-state index in [0.717, 1.165) is 6.42 Å². The molecule has 3 amide bonds. The lowest BCUT2D eigenvalue weighted by Crippen LogP contribution is -2.57. The van der Waals surface area contributed by atoms with Gasteiger partial charge in [-0.05, 0) is 12.3 Å². The molecule has 2 fully saturated rings. The number of hydrogen-bond acceptors (Lipinski definition) is 5. The zero-order valence-corrected chi connectivity index (χ0v) is 15.1. The van der Waals surface area contributed by atoms with Gasteiger partial charge in [0.1, 0.15) is 6.04 Å². The standard InChI is InChI=1S/C15H27N3O5S/c1-3-11(2)13(14(19)18-5-7-23-8-6-18)17-15(20)16-12-4-9-24(21,22)10-12/h11-13H,3-10H2,1-2H3,(H2,16,17,20)/t11-,12-,13+/m1/s1. The first kappa shape index (κ1) is 19.0. The Hall–Kier alpha value is -1.35. The van der Waals surface area contributed by atoms with Crippen molar-refractivity contribution in [2.24, 2.45) is 5.92 Å². The number of nitrogens with one attached hydrogen (secondary N) is 2. The normalized spacial score (nSPS) is 25.8. The van der Waals surface area contributed by atoms with E-state index in [0.29, 0.717) is 32.7 Å². The highest BCUT2D eigenvalue weighted by Gasteiger charge is 2.33. The Morgan fingerprint density at radius 3 is 2.50 bits per heavy atom. The van der Waals surface area contributed by atoms with Crippen LogP contribution in [-0.2, 0) is 19.4 Å². The van der Waals surface area contributed by atoms with Crippen LogP contribution in [0.5, 0.6) is 0 Å². The summed E-state index contributed by atoms with van der Waals surface area (Å²) in [5.41, 5.74) is 0. The van der Waals surface area contributed by atoms with Gasteiger partial charge in [-0.1, -0.05) is 20.3 Å². The number of carbonyl (C=O) groups is 2. The highest BCUT2D eigenvalue weighted by Crippen LogP contribution is 2.14. The molecule has 2 saturated heterocycles. The van der Waals surface area contributed by atoms with Gasteiger partial charge in [0.25, 0.3) is 0 Å². The maximum Gasteiger partial charge on any atom is 0.315 e. The highest BCUT2D eigenvalue weighted by molar-refractivity contribution is 7.91. The number of ether oxygens (including phenoxy) is 1. The smallest absolute Gasteiger partial charge is 0.315 e. The van der Waals surface area contributed by atoms with Crippen LogP contribution in [0.25, 0.3) is 0 Å². The van der Waals surface area contributed by atoms with Crippen LogP contribution in [0.2, 0.25) is 0 Å². The van der Waals surface area contributed by atoms with Crippen LogP contribution < -0.4 is 10.6 Å². The zero-order valence-electron chi connectivity index (χ0n) is 14.3. The second kappa shape index (κ2) is 8.15. The Labute approximate surface area is 143 Å². The Balaban J connectivity index is 1.95. The van der Waals surface area contributed by atoms with Gasteiger partial charge in [-0.15, -0.1) is 0 Å². The average molecular weight is 361 g/mol. The number of hydrogen-bond donors (Lipinski definition) is 2. The molecule has 138 valence electrons. The second-order valence-corrected chi connectivity index (χ2v) is 8.75. The molecule has 0 saturated carbocycles. The van der Waals surface area contributed by atoms with E-state index in [4.69, 9.17) is 4.74 Å². The molecule has 24 heavy (non-hydrogen) atoms. The van der Waals surface area contributed by atoms with E-state index in [1.54, 1.807) is 4.90 Å². The molecule has 0 aromatic rings. The van der Waals surface area contributed by atoms with Crippen LogP contribution in [0.15, 0.2) is 0 Å². The van der Waals surface area contributed by atoms with Gasteiger partial charge in [0.2, 0.25) is 5.91 Å². The first-order chi connectivity index (χ1) is 11.3. The molecule has 3 atom stereocenters. The molecule has 2 heterocycles. The summed E-state index contributed by atoms with van der Waals surface area (Å²) < 4.78 is 28.2. The number of morpholine rings is 1. The summed E-state index contributed by atoms with van der Waals surface area (Å²) in [4.78, 5) is 26.6. The van der Waals surface area contributed by atoms with Gasteiger partial charge >= 0.3 is 6.03 Å². The van der Waals surface area contributed by atoms with Crippen LogP contribution in [0.4, 0.5) is 4.79 Å². The van der Waals surface area contributed by atoms with Crippen molar-refractivity contribution < 1.29 is 22.7 Å². The molecule has 0 spiro atoms. The van der Waals surface area contributed by atoms with Crippen LogP contribution in [0.3, 0.4) is 0 Å². The summed E-state index contributed by atoms with van der Waals surface area (Å²) in [6.07, 6.45) is 1.17. The first-order valence-corrected chi connectivity index (χ1v) is 10.3. The van der Waals surface area contributed by atoms with Crippen molar-refractivity contribution in [2.45, 2.75) is 38.8 Å². The van der Waals surface area contributed by atoms with Gasteiger partial charge in [0.05, 0.1) is 24.7 Å². The molecule has 2 aliphatic rings. The lowest BCUT2D eigenvalue weighted by atomic mass is 9.97. The van der Waals surface area contributed by atoms with Crippen molar-refractivity contribution in [2.75, 3.05) is 37.8 Å². The molecular weight excluding hydrogens is 334 g/mol. The molecule has 9 heteroatoms. The van der Waals surface area contributed by atoms with Crippen LogP contribution >= 0.6 is 0 Å². The summed E-state index contributed by atoms with van der Waals surface area (Å²) in [7, 11) is -3.06. The van der Waals surface area contributed by atoms with E-state index in [9.17, 15) is 18.0 Å². The molecule has 0 bridgehead atoms. The summed E-state index contributed by atoms with van der Waals surface area (Å²) in [5.74, 6) is -0.0640. The molecule has 8 nitrogen and oxygen atoms in total. The Bertz CT molecular complexity index is 559. The SMILES string of the molecule is CC[C@@H](C)[C@H](NC(=O)N[C@@H]1CCS(=O)(=O)C1)C(=O)N1CCOCC1. The summed E-state index contributed by atoms with van der Waals surface area (Å²) in [6, 6.07) is -1.49. The third-order valence-electron chi connectivity index (χ3n) is 4.66. The van der Waals surface area contributed by atoms with Crippen molar-refractivity contribution in [1.29, 1.82) is 0 Å². The van der Waals surface area contributed by atoms with Crippen molar-refractivity contribution in [3.63, 3.8) is 0 Å². The minimum Gasteiger partial charge on any atom is -0.378 e. The Kier molecular flexibility index (Phi) is 6.45. The van der Waals surface area contributed by atoms with Crippen LogP contribution in [0.1, 0.15) is 26.7 Å². The van der Waals surface area contributed by atoms with E-state index in [2.05, 4.69) is 10.6 Å². The third kappa shape index (κ3) is 5.07. The zero-order chi connectivity index (χ0) is 17.7. The number of sulfone groups is 1. The average Bonchev–Trinajstić information content (AvgIpc) is 2.90. The molecule has 2 N–H and O–H groups in total. The fourth-order valence-electron chi connectivity index (χ4n) is 2.94. The van der Waals surface area contributed by atoms with Crippen LogP contribution in [-0.4, -0.2) is 75.1 Å². The summed E-state index contributed by atoms with van der Waals surface area (Å²) in [5, 5.41) is 5.42. The molecule has 0 radical (unpaired) electrons. The van der Waals surface area contributed by atoms with Gasteiger partial charge in [0, 0.05) is 19.1 Å². The van der Waals surface area contributed by atoms with E-state index in [1.807, 2.05) is 13.8 Å². The number of carbonyl (C=O) groups excluding carboxylic acids is 2. The van der Waals surface area contributed by atoms with E-state index in [-0.39, 0.29) is 29.4 Å². The Morgan fingerprint density at radius 1 is 1.29 bits per heavy atom. The van der Waals surface area contributed by atoms with E-state index < -0.39 is 21.9 Å². The summed E-state index contributed by atoms with van der Waals surface area (Å²) >= 11 is 0. The number of urea groups is 1. The number of rotatable bonds is 5. The van der Waals surface area contributed by atoms with Crippen molar-refractivity contribution in [3.8, 4) is 0 Å². The van der Waals surface area contributed by atoms with Crippen molar-refractivity contribution >= 4 is 21.8 Å². The molecule has 0 aliphatic carbocycles. The maximum absolute atomic E-state index is 12.7. The fourth-order valence-corrected chi connectivity index (χ4v) is 4.61. The minimum atomic E-state index is -3.06. The molecule has 2 aliphatic heterocycles. The predicted octanol–water partition coefficient (Wildman–Crippen LogP) is -0.254. The predicted molar refractivity (Wildman–Crippen MR) is 89.4 cm³/mol. The molecule has 0 aromatic carbocycles. The first-order valence-electron chi connectivity index (χ1n) is 8.46. The van der Waals surface area contributed by atoms with Gasteiger partial charge in [-0.25, -0.2) is 13.2 Å². The maximum atomic E-state index is 12.7. The minimum absolute atomic E-state index is 0.0154. The van der Waals surface area contributed by atoms with Crippen LogP contribution in [0, 0.1) is 5.92 Å². The molecule has 2 rings (SSSR count). The van der Waals surface area contributed by atoms with Gasteiger partial charge in [-0.3, -0.25) is 4.79 Å². The third-order valence-corrected chi connectivity index (χ3v) is 6.42. The molecule has 0 aromatic heterocycles. The largest absolute Gasteiger partial charge is 0.378 e. The molecule has 0 unspecified atom stereocenters. The lowest BCUT2D eigenvalue weighted by molar-refractivity contribution is -0.138. The second-order valence-electron chi connectivity index (χ2n) is 6.52. The van der Waals surface area contributed by atoms with Gasteiger partial charge in [0.15, 0.2) is 9.84 Å². The van der Waals surface area contributed by atoms with Gasteiger partial charge in [-0.2, -0.15) is 0 Å². The Morgan fingerprint density at radius 2 is 1.96 bits per heavy atom. The van der Waals surface area contributed by atoms with Crippen molar-refractivity contribution in [3.05, 3.63) is 0 Å². The quantitative estimate of drug-likeness (QED) is 0.702. The summed E-state index contributed by atoms with van der Waals surface area (Å²) in [6.45, 7) is 5.94. The fraction of sp³-hybridized carbons (Fsp3) is 0.867. The topological polar surface area (TPSA) is 105 Å². The highest BCUT2D eigenvalue weighted by atomic mass is 32.2. The number of amides is 3. The van der Waals surface area contributed by atoms with E-state index in [1.165, 1.54) is 0 Å². The molecular formula is C15H27N3O5S.